The van der Waals surface area contributed by atoms with Gasteiger partial charge in [-0.25, -0.2) is 0 Å². The van der Waals surface area contributed by atoms with Crippen molar-refractivity contribution in [1.29, 1.82) is 0 Å². The summed E-state index contributed by atoms with van der Waals surface area (Å²) in [6.07, 6.45) is -1.85. The Labute approximate surface area is 164 Å². The Kier molecular flexibility index (Phi) is 5.61. The zero-order valence-corrected chi connectivity index (χ0v) is 15.4. The van der Waals surface area contributed by atoms with Crippen LogP contribution in [0.5, 0.6) is 0 Å². The third-order valence-corrected chi connectivity index (χ3v) is 4.35. The maximum Gasteiger partial charge on any atom is 0.416 e. The third-order valence-electron chi connectivity index (χ3n) is 3.94. The van der Waals surface area contributed by atoms with Gasteiger partial charge in [-0.1, -0.05) is 29.8 Å². The van der Waals surface area contributed by atoms with Crippen LogP contribution in [0.4, 0.5) is 18.9 Å². The molecule has 0 spiro atoms. The number of halogens is 4. The van der Waals surface area contributed by atoms with Crippen LogP contribution >= 0.6 is 11.6 Å². The average molecular weight is 406 g/mol. The number of nitrogens with one attached hydrogen (secondary N) is 1. The Hall–Kier alpha value is -2.99. The van der Waals surface area contributed by atoms with Crippen LogP contribution in [0.25, 0.3) is 17.4 Å². The van der Waals surface area contributed by atoms with Crippen LogP contribution in [0.15, 0.2) is 65.1 Å². The van der Waals surface area contributed by atoms with E-state index < -0.39 is 17.6 Å². The maximum atomic E-state index is 12.7. The van der Waals surface area contributed by atoms with Crippen molar-refractivity contribution in [2.45, 2.75) is 13.1 Å². The fourth-order valence-electron chi connectivity index (χ4n) is 2.46. The standard InChI is InChI=1S/C21H15ClF3NO2/c1-13-5-6-14(11-18(13)22)19-9-7-17(28-19)8-10-20(27)26-16-4-2-3-15(12-16)21(23,24)25/h2-12H,1H3,(H,26,27)/b10-8+. The highest BCUT2D eigenvalue weighted by atomic mass is 35.5. The predicted molar refractivity (Wildman–Crippen MR) is 103 cm³/mol. The van der Waals surface area contributed by atoms with Gasteiger partial charge in [-0.2, -0.15) is 13.2 Å². The van der Waals surface area contributed by atoms with Gasteiger partial charge in [0.1, 0.15) is 11.5 Å². The number of carbonyl (C=O) groups excluding carboxylic acids is 1. The molecule has 0 aliphatic heterocycles. The van der Waals surface area contributed by atoms with Crippen molar-refractivity contribution in [3.8, 4) is 11.3 Å². The summed E-state index contributed by atoms with van der Waals surface area (Å²) in [5.74, 6) is 0.432. The zero-order chi connectivity index (χ0) is 20.3. The van der Waals surface area contributed by atoms with Crippen LogP contribution < -0.4 is 5.32 Å². The van der Waals surface area contributed by atoms with E-state index in [-0.39, 0.29) is 5.69 Å². The smallest absolute Gasteiger partial charge is 0.416 e. The molecule has 0 saturated heterocycles. The molecule has 1 heterocycles. The summed E-state index contributed by atoms with van der Waals surface area (Å²) in [5, 5.41) is 3.01. The van der Waals surface area contributed by atoms with E-state index in [2.05, 4.69) is 5.32 Å². The highest BCUT2D eigenvalue weighted by molar-refractivity contribution is 6.31. The molecule has 0 bridgehead atoms. The van der Waals surface area contributed by atoms with Gasteiger partial charge in [0, 0.05) is 22.3 Å². The molecule has 7 heteroatoms. The van der Waals surface area contributed by atoms with Gasteiger partial charge in [-0.05, 0) is 55.0 Å². The first-order valence-electron chi connectivity index (χ1n) is 8.25. The summed E-state index contributed by atoms with van der Waals surface area (Å²) in [6.45, 7) is 1.89. The van der Waals surface area contributed by atoms with E-state index in [4.69, 9.17) is 16.0 Å². The van der Waals surface area contributed by atoms with Crippen LogP contribution in [0.2, 0.25) is 5.02 Å². The predicted octanol–water partition coefficient (Wildman–Crippen LogP) is 6.58. The van der Waals surface area contributed by atoms with Gasteiger partial charge < -0.3 is 9.73 Å². The maximum absolute atomic E-state index is 12.7. The molecule has 3 aromatic rings. The first kappa shape index (κ1) is 19.8. The van der Waals surface area contributed by atoms with Crippen molar-refractivity contribution in [1.82, 2.24) is 0 Å². The minimum Gasteiger partial charge on any atom is -0.457 e. The van der Waals surface area contributed by atoms with Crippen LogP contribution in [0, 0.1) is 6.92 Å². The number of amides is 1. The van der Waals surface area contributed by atoms with E-state index in [1.165, 1.54) is 24.3 Å². The van der Waals surface area contributed by atoms with Crippen molar-refractivity contribution in [2.75, 3.05) is 5.32 Å². The number of anilines is 1. The Morgan fingerprint density at radius 3 is 2.61 bits per heavy atom. The minimum atomic E-state index is -4.47. The fourth-order valence-corrected chi connectivity index (χ4v) is 2.64. The van der Waals surface area contributed by atoms with E-state index >= 15 is 0 Å². The zero-order valence-electron chi connectivity index (χ0n) is 14.7. The van der Waals surface area contributed by atoms with E-state index in [0.717, 1.165) is 23.3 Å². The number of rotatable bonds is 4. The summed E-state index contributed by atoms with van der Waals surface area (Å²) in [6, 6.07) is 13.4. The molecule has 3 nitrogen and oxygen atoms in total. The fraction of sp³-hybridized carbons (Fsp3) is 0.0952. The van der Waals surface area contributed by atoms with Gasteiger partial charge in [0.25, 0.3) is 0 Å². The summed E-state index contributed by atoms with van der Waals surface area (Å²) in [5.41, 5.74) is 0.965. The highest BCUT2D eigenvalue weighted by Gasteiger charge is 2.30. The second-order valence-corrected chi connectivity index (χ2v) is 6.47. The molecular formula is C21H15ClF3NO2. The lowest BCUT2D eigenvalue weighted by Crippen LogP contribution is -2.10. The van der Waals surface area contributed by atoms with Gasteiger partial charge in [0.2, 0.25) is 5.91 Å². The Balaban J connectivity index is 1.68. The van der Waals surface area contributed by atoms with Crippen LogP contribution in [0.1, 0.15) is 16.9 Å². The molecule has 0 radical (unpaired) electrons. The van der Waals surface area contributed by atoms with E-state index in [1.807, 2.05) is 19.1 Å². The molecule has 0 fully saturated rings. The number of aryl methyl sites for hydroxylation is 1. The molecule has 1 amide bonds. The van der Waals surface area contributed by atoms with Crippen molar-refractivity contribution in [2.24, 2.45) is 0 Å². The average Bonchev–Trinajstić information content (AvgIpc) is 3.11. The van der Waals surface area contributed by atoms with Crippen LogP contribution in [-0.4, -0.2) is 5.91 Å². The molecule has 1 aromatic heterocycles. The molecule has 0 saturated carbocycles. The Morgan fingerprint density at radius 1 is 1.11 bits per heavy atom. The second kappa shape index (κ2) is 7.94. The van der Waals surface area contributed by atoms with E-state index in [9.17, 15) is 18.0 Å². The van der Waals surface area contributed by atoms with E-state index in [1.54, 1.807) is 18.2 Å². The number of carbonyl (C=O) groups is 1. The van der Waals surface area contributed by atoms with Gasteiger partial charge >= 0.3 is 6.18 Å². The summed E-state index contributed by atoms with van der Waals surface area (Å²) >= 11 is 6.11. The lowest BCUT2D eigenvalue weighted by molar-refractivity contribution is -0.137. The lowest BCUT2D eigenvalue weighted by Gasteiger charge is -2.08. The minimum absolute atomic E-state index is 0.0545. The van der Waals surface area contributed by atoms with Crippen LogP contribution in [0.3, 0.4) is 0 Å². The molecule has 1 N–H and O–H groups in total. The molecule has 0 aliphatic carbocycles. The molecule has 3 rings (SSSR count). The number of furan rings is 1. The molecule has 28 heavy (non-hydrogen) atoms. The number of hydrogen-bond donors (Lipinski definition) is 1. The molecule has 144 valence electrons. The summed E-state index contributed by atoms with van der Waals surface area (Å²) in [7, 11) is 0. The van der Waals surface area contributed by atoms with Gasteiger partial charge in [0.05, 0.1) is 5.56 Å². The van der Waals surface area contributed by atoms with Crippen molar-refractivity contribution >= 4 is 29.3 Å². The van der Waals surface area contributed by atoms with E-state index in [0.29, 0.717) is 16.5 Å². The van der Waals surface area contributed by atoms with Crippen LogP contribution in [-0.2, 0) is 11.0 Å². The Morgan fingerprint density at radius 2 is 1.89 bits per heavy atom. The number of benzene rings is 2. The molecule has 0 unspecified atom stereocenters. The van der Waals surface area contributed by atoms with Crippen molar-refractivity contribution < 1.29 is 22.4 Å². The Bertz CT molecular complexity index is 1040. The summed E-state index contributed by atoms with van der Waals surface area (Å²) in [4.78, 5) is 12.0. The first-order valence-corrected chi connectivity index (χ1v) is 8.63. The number of hydrogen-bond acceptors (Lipinski definition) is 2. The molecular weight excluding hydrogens is 391 g/mol. The van der Waals surface area contributed by atoms with Gasteiger partial charge in [-0.3, -0.25) is 4.79 Å². The SMILES string of the molecule is Cc1ccc(-c2ccc(/C=C/C(=O)Nc3cccc(C(F)(F)F)c3)o2)cc1Cl. The second-order valence-electron chi connectivity index (χ2n) is 6.07. The summed E-state index contributed by atoms with van der Waals surface area (Å²) < 4.78 is 43.8. The highest BCUT2D eigenvalue weighted by Crippen LogP contribution is 2.31. The molecule has 0 atom stereocenters. The lowest BCUT2D eigenvalue weighted by atomic mass is 10.1. The topological polar surface area (TPSA) is 42.2 Å². The molecule has 0 aliphatic rings. The van der Waals surface area contributed by atoms with Gasteiger partial charge in [0.15, 0.2) is 0 Å². The number of alkyl halides is 3. The quantitative estimate of drug-likeness (QED) is 0.498. The monoisotopic (exact) mass is 405 g/mol. The third kappa shape index (κ3) is 4.84. The van der Waals surface area contributed by atoms with Gasteiger partial charge in [-0.15, -0.1) is 0 Å². The first-order chi connectivity index (χ1) is 13.2. The van der Waals surface area contributed by atoms with Crippen molar-refractivity contribution in [3.63, 3.8) is 0 Å². The normalized spacial score (nSPS) is 11.8. The largest absolute Gasteiger partial charge is 0.457 e. The molecule has 2 aromatic carbocycles. The van der Waals surface area contributed by atoms with Crippen molar-refractivity contribution in [3.05, 3.63) is 82.6 Å².